The monoisotopic (exact) mass is 430 g/mol. The van der Waals surface area contributed by atoms with E-state index in [1.54, 1.807) is 6.26 Å². The predicted octanol–water partition coefficient (Wildman–Crippen LogP) is 3.63. The topological polar surface area (TPSA) is 72.0 Å². The van der Waals surface area contributed by atoms with Crippen LogP contribution in [0.5, 0.6) is 0 Å². The van der Waals surface area contributed by atoms with Gasteiger partial charge in [0, 0.05) is 37.9 Å². The lowest BCUT2D eigenvalue weighted by Crippen LogP contribution is -2.41. The molecule has 3 aromatic heterocycles. The van der Waals surface area contributed by atoms with Gasteiger partial charge in [-0.25, -0.2) is 4.98 Å². The van der Waals surface area contributed by atoms with Crippen molar-refractivity contribution in [1.82, 2.24) is 19.6 Å². The first-order chi connectivity index (χ1) is 15.7. The van der Waals surface area contributed by atoms with Gasteiger partial charge in [0.25, 0.3) is 5.91 Å². The highest BCUT2D eigenvalue weighted by atomic mass is 16.5. The molecule has 0 spiro atoms. The summed E-state index contributed by atoms with van der Waals surface area (Å²) in [6, 6.07) is 14.4. The molecule has 1 fully saturated rings. The number of nitrogens with zero attached hydrogens (tertiary/aromatic N) is 3. The Kier molecular flexibility index (Phi) is 5.75. The lowest BCUT2D eigenvalue weighted by molar-refractivity contribution is 0.0383. The molecule has 1 amide bonds. The van der Waals surface area contributed by atoms with Crippen molar-refractivity contribution in [2.75, 3.05) is 39.4 Å². The van der Waals surface area contributed by atoms with Gasteiger partial charge in [0.05, 0.1) is 24.5 Å². The summed E-state index contributed by atoms with van der Waals surface area (Å²) in [4.78, 5) is 19.8. The molecule has 0 atom stereocenters. The van der Waals surface area contributed by atoms with Gasteiger partial charge in [0.15, 0.2) is 6.39 Å². The number of nitrogens with one attached hydrogen (secondary N) is 1. The average Bonchev–Trinajstić information content (AvgIpc) is 3.47. The van der Waals surface area contributed by atoms with Gasteiger partial charge in [-0.05, 0) is 30.2 Å². The van der Waals surface area contributed by atoms with E-state index >= 15 is 0 Å². The van der Waals surface area contributed by atoms with Crippen LogP contribution in [-0.2, 0) is 4.74 Å². The average molecular weight is 431 g/mol. The Labute approximate surface area is 186 Å². The lowest BCUT2D eigenvalue weighted by atomic mass is 10.1. The van der Waals surface area contributed by atoms with Crippen molar-refractivity contribution in [3.8, 4) is 22.5 Å². The SMILES string of the molecule is Cc1cccc(-c2ccc3cc(C(=O)NCCN4CCOCC4)c(-c4cocn4)n3c2)c1. The summed E-state index contributed by atoms with van der Waals surface area (Å²) < 4.78 is 12.6. The number of rotatable bonds is 6. The van der Waals surface area contributed by atoms with Crippen LogP contribution in [0.25, 0.3) is 28.0 Å². The first-order valence-corrected chi connectivity index (χ1v) is 10.9. The number of fused-ring (bicyclic) bond motifs is 1. The van der Waals surface area contributed by atoms with Crippen LogP contribution in [-0.4, -0.2) is 59.6 Å². The van der Waals surface area contributed by atoms with Crippen molar-refractivity contribution >= 4 is 11.4 Å². The summed E-state index contributed by atoms with van der Waals surface area (Å²) in [6.07, 6.45) is 5.02. The quantitative estimate of drug-likeness (QED) is 0.506. The van der Waals surface area contributed by atoms with Crippen LogP contribution in [0.2, 0.25) is 0 Å². The van der Waals surface area contributed by atoms with Gasteiger partial charge in [-0.1, -0.05) is 35.9 Å². The Hall–Kier alpha value is -3.42. The van der Waals surface area contributed by atoms with Crippen LogP contribution < -0.4 is 5.32 Å². The van der Waals surface area contributed by atoms with E-state index in [9.17, 15) is 4.79 Å². The Bertz CT molecular complexity index is 1220. The van der Waals surface area contributed by atoms with Gasteiger partial charge in [0.2, 0.25) is 0 Å². The minimum absolute atomic E-state index is 0.114. The van der Waals surface area contributed by atoms with Gasteiger partial charge in [-0.2, -0.15) is 0 Å². The Morgan fingerprint density at radius 3 is 2.78 bits per heavy atom. The van der Waals surface area contributed by atoms with Crippen molar-refractivity contribution in [1.29, 1.82) is 0 Å². The molecular weight excluding hydrogens is 404 g/mol. The van der Waals surface area contributed by atoms with Gasteiger partial charge in [0.1, 0.15) is 12.0 Å². The van der Waals surface area contributed by atoms with Crippen molar-refractivity contribution in [2.24, 2.45) is 0 Å². The van der Waals surface area contributed by atoms with E-state index in [-0.39, 0.29) is 5.91 Å². The molecule has 4 heterocycles. The second-order valence-electron chi connectivity index (χ2n) is 8.07. The molecule has 7 heteroatoms. The normalized spacial score (nSPS) is 14.7. The largest absolute Gasteiger partial charge is 0.451 e. The van der Waals surface area contributed by atoms with E-state index in [0.717, 1.165) is 55.2 Å². The number of benzene rings is 1. The third-order valence-corrected chi connectivity index (χ3v) is 5.86. The number of amides is 1. The molecule has 0 saturated carbocycles. The molecule has 1 aliphatic heterocycles. The minimum atomic E-state index is -0.114. The van der Waals surface area contributed by atoms with Crippen LogP contribution in [0, 0.1) is 6.92 Å². The zero-order valence-electron chi connectivity index (χ0n) is 18.1. The molecule has 1 saturated heterocycles. The highest BCUT2D eigenvalue weighted by Gasteiger charge is 2.21. The lowest BCUT2D eigenvalue weighted by Gasteiger charge is -2.26. The molecule has 1 aliphatic rings. The third-order valence-electron chi connectivity index (χ3n) is 5.86. The van der Waals surface area contributed by atoms with Gasteiger partial charge in [-0.3, -0.25) is 9.69 Å². The number of aryl methyl sites for hydroxylation is 1. The number of aromatic nitrogens is 2. The fraction of sp³-hybridized carbons (Fsp3) is 0.280. The summed E-state index contributed by atoms with van der Waals surface area (Å²) >= 11 is 0. The molecule has 4 aromatic rings. The highest BCUT2D eigenvalue weighted by Crippen LogP contribution is 2.29. The highest BCUT2D eigenvalue weighted by molar-refractivity contribution is 6.02. The molecule has 0 radical (unpaired) electrons. The predicted molar refractivity (Wildman–Crippen MR) is 123 cm³/mol. The van der Waals surface area contributed by atoms with E-state index in [4.69, 9.17) is 9.15 Å². The fourth-order valence-corrected chi connectivity index (χ4v) is 4.18. The standard InChI is InChI=1S/C25H26N4O3/c1-18-3-2-4-19(13-18)20-5-6-21-14-22(24(29(21)15-20)23-16-32-17-27-23)25(30)26-7-8-28-9-11-31-12-10-28/h2-6,13-17H,7-12H2,1H3,(H,26,30). The first-order valence-electron chi connectivity index (χ1n) is 10.9. The van der Waals surface area contributed by atoms with Crippen LogP contribution in [0.3, 0.4) is 0 Å². The number of hydrogen-bond acceptors (Lipinski definition) is 5. The van der Waals surface area contributed by atoms with Gasteiger partial charge < -0.3 is 18.9 Å². The molecule has 5 rings (SSSR count). The van der Waals surface area contributed by atoms with Crippen LogP contribution in [0.1, 0.15) is 15.9 Å². The minimum Gasteiger partial charge on any atom is -0.451 e. The number of pyridine rings is 1. The van der Waals surface area contributed by atoms with E-state index in [0.29, 0.717) is 17.8 Å². The maximum atomic E-state index is 13.1. The number of carbonyl (C=O) groups excluding carboxylic acids is 1. The second kappa shape index (κ2) is 8.98. The zero-order chi connectivity index (χ0) is 21.9. The van der Waals surface area contributed by atoms with Crippen LogP contribution in [0.15, 0.2) is 65.7 Å². The van der Waals surface area contributed by atoms with Crippen molar-refractivity contribution in [2.45, 2.75) is 6.92 Å². The molecule has 0 bridgehead atoms. The Morgan fingerprint density at radius 1 is 1.12 bits per heavy atom. The fourth-order valence-electron chi connectivity index (χ4n) is 4.18. The van der Waals surface area contributed by atoms with Crippen LogP contribution in [0.4, 0.5) is 0 Å². The summed E-state index contributed by atoms with van der Waals surface area (Å²) in [5, 5.41) is 3.07. The number of ether oxygens (including phenoxy) is 1. The number of oxazole rings is 1. The molecule has 7 nitrogen and oxygen atoms in total. The molecular formula is C25H26N4O3. The molecule has 0 unspecified atom stereocenters. The number of carbonyl (C=O) groups is 1. The van der Waals surface area contributed by atoms with Crippen molar-refractivity contribution < 1.29 is 13.9 Å². The smallest absolute Gasteiger partial charge is 0.253 e. The molecule has 1 N–H and O–H groups in total. The van der Waals surface area contributed by atoms with Crippen LogP contribution >= 0.6 is 0 Å². The summed E-state index contributed by atoms with van der Waals surface area (Å²) in [5.41, 5.74) is 6.27. The summed E-state index contributed by atoms with van der Waals surface area (Å²) in [7, 11) is 0. The summed E-state index contributed by atoms with van der Waals surface area (Å²) in [5.74, 6) is -0.114. The van der Waals surface area contributed by atoms with E-state index < -0.39 is 0 Å². The Morgan fingerprint density at radius 2 is 2.00 bits per heavy atom. The zero-order valence-corrected chi connectivity index (χ0v) is 18.1. The van der Waals surface area contributed by atoms with E-state index in [1.165, 1.54) is 12.0 Å². The van der Waals surface area contributed by atoms with Crippen molar-refractivity contribution in [3.05, 3.63) is 72.4 Å². The van der Waals surface area contributed by atoms with Crippen molar-refractivity contribution in [3.63, 3.8) is 0 Å². The molecule has 32 heavy (non-hydrogen) atoms. The summed E-state index contributed by atoms with van der Waals surface area (Å²) in [6.45, 7) is 6.77. The molecule has 0 aliphatic carbocycles. The van der Waals surface area contributed by atoms with Gasteiger partial charge in [-0.15, -0.1) is 0 Å². The number of morpholine rings is 1. The maximum Gasteiger partial charge on any atom is 0.253 e. The maximum absolute atomic E-state index is 13.1. The number of hydrogen-bond donors (Lipinski definition) is 1. The third kappa shape index (κ3) is 4.17. The van der Waals surface area contributed by atoms with E-state index in [2.05, 4.69) is 58.7 Å². The molecule has 164 valence electrons. The van der Waals surface area contributed by atoms with E-state index in [1.807, 2.05) is 16.5 Å². The first kappa shape index (κ1) is 20.5. The Balaban J connectivity index is 1.46. The molecule has 1 aromatic carbocycles. The van der Waals surface area contributed by atoms with Gasteiger partial charge >= 0.3 is 0 Å². The second-order valence-corrected chi connectivity index (χ2v) is 8.07.